The van der Waals surface area contributed by atoms with Gasteiger partial charge in [0.05, 0.1) is 0 Å². The molecule has 41 valence electrons. The van der Waals surface area contributed by atoms with Crippen LogP contribution in [0, 0.1) is 5.92 Å². The molecule has 0 N–H and O–H groups in total. The van der Waals surface area contributed by atoms with Gasteiger partial charge in [-0.05, 0) is 12.2 Å². The third-order valence-electron chi connectivity index (χ3n) is 0.763. The molecule has 1 nitrogen and oxygen atoms in total. The fourth-order valence-electron chi connectivity index (χ4n) is 0.253. The summed E-state index contributed by atoms with van der Waals surface area (Å²) in [6.45, 7) is 1.84. The summed E-state index contributed by atoms with van der Waals surface area (Å²) in [6, 6.07) is 0. The Hall–Kier alpha value is 0.0200. The van der Waals surface area contributed by atoms with Gasteiger partial charge in [-0.25, -0.2) is 0 Å². The minimum Gasteiger partial charge on any atom is -0.291 e. The average molecular weight is 117 g/mol. The van der Waals surface area contributed by atoms with Gasteiger partial charge >= 0.3 is 0 Å². The summed E-state index contributed by atoms with van der Waals surface area (Å²) in [4.78, 5) is 9.74. The Morgan fingerprint density at radius 3 is 2.57 bits per heavy atom. The Morgan fingerprint density at radius 1 is 1.86 bits per heavy atom. The first-order valence-electron chi connectivity index (χ1n) is 2.29. The van der Waals surface area contributed by atoms with E-state index in [1.165, 1.54) is 0 Å². The van der Waals surface area contributed by atoms with E-state index in [-0.39, 0.29) is 5.92 Å². The average Bonchev–Trinajstić information content (AvgIpc) is 1.68. The molecule has 0 amide bonds. The molecule has 0 fully saturated rings. The highest BCUT2D eigenvalue weighted by Crippen LogP contribution is 1.96. The zero-order valence-electron chi connectivity index (χ0n) is 4.35. The molecule has 0 bridgehead atoms. The SMILES string of the molecule is CC([C]=O)CCS. The van der Waals surface area contributed by atoms with E-state index in [2.05, 4.69) is 12.6 Å². The molecule has 0 aromatic rings. The van der Waals surface area contributed by atoms with Crippen molar-refractivity contribution in [3.8, 4) is 0 Å². The molecule has 0 saturated heterocycles. The molecule has 0 aliphatic rings. The number of rotatable bonds is 3. The first-order chi connectivity index (χ1) is 3.31. The molecule has 0 heterocycles. The molecule has 7 heavy (non-hydrogen) atoms. The van der Waals surface area contributed by atoms with Crippen LogP contribution < -0.4 is 0 Å². The van der Waals surface area contributed by atoms with Gasteiger partial charge in [-0.1, -0.05) is 6.92 Å². The van der Waals surface area contributed by atoms with Crippen molar-refractivity contribution in [2.45, 2.75) is 13.3 Å². The van der Waals surface area contributed by atoms with Crippen molar-refractivity contribution in [3.63, 3.8) is 0 Å². The van der Waals surface area contributed by atoms with Crippen molar-refractivity contribution in [1.82, 2.24) is 0 Å². The van der Waals surface area contributed by atoms with Crippen LogP contribution in [0.2, 0.25) is 0 Å². The fourth-order valence-corrected chi connectivity index (χ4v) is 0.640. The zero-order valence-corrected chi connectivity index (χ0v) is 5.24. The van der Waals surface area contributed by atoms with Crippen LogP contribution in [0.25, 0.3) is 0 Å². The van der Waals surface area contributed by atoms with Crippen LogP contribution >= 0.6 is 12.6 Å². The summed E-state index contributed by atoms with van der Waals surface area (Å²) in [5, 5.41) is 0. The van der Waals surface area contributed by atoms with Crippen molar-refractivity contribution < 1.29 is 4.79 Å². The van der Waals surface area contributed by atoms with Crippen LogP contribution in [0.4, 0.5) is 0 Å². The lowest BCUT2D eigenvalue weighted by molar-refractivity contribution is 0.526. The molecular weight excluding hydrogens is 108 g/mol. The van der Waals surface area contributed by atoms with Gasteiger partial charge in [0, 0.05) is 5.92 Å². The molecule has 0 spiro atoms. The molecule has 0 aromatic carbocycles. The number of carbonyl (C=O) groups excluding carboxylic acids is 1. The van der Waals surface area contributed by atoms with Crippen LogP contribution in [-0.4, -0.2) is 12.0 Å². The lowest BCUT2D eigenvalue weighted by atomic mass is 10.1. The third-order valence-corrected chi connectivity index (χ3v) is 1.02. The van der Waals surface area contributed by atoms with Crippen molar-refractivity contribution in [2.75, 3.05) is 5.75 Å². The maximum atomic E-state index is 9.74. The van der Waals surface area contributed by atoms with Gasteiger partial charge in [-0.15, -0.1) is 0 Å². The largest absolute Gasteiger partial charge is 0.291 e. The highest BCUT2D eigenvalue weighted by Gasteiger charge is 1.95. The molecule has 0 saturated carbocycles. The summed E-state index contributed by atoms with van der Waals surface area (Å²) >= 11 is 3.94. The minimum atomic E-state index is 0.0671. The third kappa shape index (κ3) is 3.86. The van der Waals surface area contributed by atoms with E-state index in [0.717, 1.165) is 12.2 Å². The zero-order chi connectivity index (χ0) is 5.70. The number of thiol groups is 1. The van der Waals surface area contributed by atoms with Crippen LogP contribution in [0.5, 0.6) is 0 Å². The van der Waals surface area contributed by atoms with E-state index in [9.17, 15) is 4.79 Å². The van der Waals surface area contributed by atoms with Crippen molar-refractivity contribution in [1.29, 1.82) is 0 Å². The predicted octanol–water partition coefficient (Wildman–Crippen LogP) is 1.05. The molecule has 1 atom stereocenters. The van der Waals surface area contributed by atoms with Crippen LogP contribution in [0.1, 0.15) is 13.3 Å². The quantitative estimate of drug-likeness (QED) is 0.547. The van der Waals surface area contributed by atoms with E-state index in [0.29, 0.717) is 0 Å². The van der Waals surface area contributed by atoms with E-state index in [4.69, 9.17) is 0 Å². The molecule has 1 unspecified atom stereocenters. The smallest absolute Gasteiger partial charge is 0.201 e. The second-order valence-electron chi connectivity index (χ2n) is 1.53. The first kappa shape index (κ1) is 7.02. The van der Waals surface area contributed by atoms with Gasteiger partial charge in [-0.3, -0.25) is 4.79 Å². The number of hydrogen-bond acceptors (Lipinski definition) is 2. The van der Waals surface area contributed by atoms with E-state index < -0.39 is 0 Å². The maximum absolute atomic E-state index is 9.74. The van der Waals surface area contributed by atoms with Gasteiger partial charge < -0.3 is 0 Å². The molecule has 0 rings (SSSR count). The second-order valence-corrected chi connectivity index (χ2v) is 1.98. The predicted molar refractivity (Wildman–Crippen MR) is 33.3 cm³/mol. The van der Waals surface area contributed by atoms with E-state index >= 15 is 0 Å². The lowest BCUT2D eigenvalue weighted by Crippen LogP contribution is -1.94. The molecule has 1 radical (unpaired) electrons. The van der Waals surface area contributed by atoms with Crippen LogP contribution in [0.3, 0.4) is 0 Å². The Morgan fingerprint density at radius 2 is 2.43 bits per heavy atom. The van der Waals surface area contributed by atoms with Crippen LogP contribution in [-0.2, 0) is 4.79 Å². The highest BCUT2D eigenvalue weighted by molar-refractivity contribution is 7.80. The van der Waals surface area contributed by atoms with Gasteiger partial charge in [-0.2, -0.15) is 12.6 Å². The summed E-state index contributed by atoms with van der Waals surface area (Å²) in [7, 11) is 0. The minimum absolute atomic E-state index is 0.0671. The maximum Gasteiger partial charge on any atom is 0.201 e. The fraction of sp³-hybridized carbons (Fsp3) is 0.800. The second kappa shape index (κ2) is 4.19. The summed E-state index contributed by atoms with van der Waals surface area (Å²) in [6.07, 6.45) is 2.71. The molecular formula is C5H9OS. The topological polar surface area (TPSA) is 17.1 Å². The highest BCUT2D eigenvalue weighted by atomic mass is 32.1. The molecule has 0 aliphatic heterocycles. The van der Waals surface area contributed by atoms with E-state index in [1.54, 1.807) is 0 Å². The Kier molecular flexibility index (Phi) is 4.20. The monoisotopic (exact) mass is 117 g/mol. The Balaban J connectivity index is 2.98. The van der Waals surface area contributed by atoms with Crippen molar-refractivity contribution in [2.24, 2.45) is 5.92 Å². The Labute approximate surface area is 49.5 Å². The van der Waals surface area contributed by atoms with Crippen molar-refractivity contribution >= 4 is 18.9 Å². The molecule has 2 heteroatoms. The van der Waals surface area contributed by atoms with Gasteiger partial charge in [0.25, 0.3) is 0 Å². The van der Waals surface area contributed by atoms with E-state index in [1.807, 2.05) is 13.2 Å². The van der Waals surface area contributed by atoms with Crippen LogP contribution in [0.15, 0.2) is 0 Å². The van der Waals surface area contributed by atoms with Crippen molar-refractivity contribution in [3.05, 3.63) is 0 Å². The lowest BCUT2D eigenvalue weighted by Gasteiger charge is -1.93. The number of hydrogen-bond donors (Lipinski definition) is 1. The van der Waals surface area contributed by atoms with Gasteiger partial charge in [0.15, 0.2) is 0 Å². The first-order valence-corrected chi connectivity index (χ1v) is 2.93. The molecule has 0 aromatic heterocycles. The summed E-state index contributed by atoms with van der Waals surface area (Å²) in [5.74, 6) is 0.841. The van der Waals surface area contributed by atoms with Gasteiger partial charge in [0.1, 0.15) is 0 Å². The Bertz CT molecular complexity index is 54.0. The van der Waals surface area contributed by atoms with Gasteiger partial charge in [0.2, 0.25) is 6.29 Å². The normalized spacial score (nSPS) is 13.4. The standard InChI is InChI=1S/C5H9OS/c1-5(4-6)2-3-7/h5,7H,2-3H2,1H3. The summed E-state index contributed by atoms with van der Waals surface area (Å²) in [5.41, 5.74) is 0. The molecule has 0 aliphatic carbocycles. The summed E-state index contributed by atoms with van der Waals surface area (Å²) < 4.78 is 0.